The van der Waals surface area contributed by atoms with Gasteiger partial charge in [0.1, 0.15) is 0 Å². The molecule has 0 aliphatic carbocycles. The second-order valence-corrected chi connectivity index (χ2v) is 6.55. The summed E-state index contributed by atoms with van der Waals surface area (Å²) in [5.74, 6) is 0.405. The quantitative estimate of drug-likeness (QED) is 0.728. The molecule has 5 nitrogen and oxygen atoms in total. The van der Waals surface area contributed by atoms with E-state index in [0.29, 0.717) is 25.4 Å². The number of carbonyl (C=O) groups is 1. The highest BCUT2D eigenvalue weighted by Crippen LogP contribution is 2.19. The minimum Gasteiger partial charge on any atom is -0.388 e. The van der Waals surface area contributed by atoms with Crippen molar-refractivity contribution >= 4 is 17.4 Å². The summed E-state index contributed by atoms with van der Waals surface area (Å²) in [7, 11) is 0. The van der Waals surface area contributed by atoms with Crippen LogP contribution in [0.5, 0.6) is 0 Å². The Hall–Kier alpha value is -1.92. The molecule has 0 spiro atoms. The fourth-order valence-electron chi connectivity index (χ4n) is 2.07. The van der Waals surface area contributed by atoms with Gasteiger partial charge in [-0.15, -0.1) is 11.3 Å². The first-order valence-corrected chi connectivity index (χ1v) is 8.63. The van der Waals surface area contributed by atoms with Crippen LogP contribution in [-0.4, -0.2) is 22.7 Å². The van der Waals surface area contributed by atoms with E-state index in [0.717, 1.165) is 16.3 Å². The van der Waals surface area contributed by atoms with Gasteiger partial charge in [-0.05, 0) is 12.0 Å². The van der Waals surface area contributed by atoms with E-state index in [4.69, 9.17) is 0 Å². The monoisotopic (exact) mass is 333 g/mol. The van der Waals surface area contributed by atoms with Gasteiger partial charge in [-0.25, -0.2) is 9.78 Å². The topological polar surface area (TPSA) is 74.2 Å². The zero-order valence-electron chi connectivity index (χ0n) is 13.5. The van der Waals surface area contributed by atoms with Crippen LogP contribution < -0.4 is 10.6 Å². The van der Waals surface area contributed by atoms with Crippen LogP contribution in [0.15, 0.2) is 35.7 Å². The molecule has 0 aliphatic rings. The number of rotatable bonds is 7. The zero-order chi connectivity index (χ0) is 16.7. The average molecular weight is 333 g/mol. The Morgan fingerprint density at radius 1 is 1.26 bits per heavy atom. The maximum absolute atomic E-state index is 11.7. The summed E-state index contributed by atoms with van der Waals surface area (Å²) < 4.78 is 0. The number of carbonyl (C=O) groups excluding carboxylic acids is 1. The van der Waals surface area contributed by atoms with Crippen LogP contribution in [-0.2, 0) is 6.54 Å². The van der Waals surface area contributed by atoms with Gasteiger partial charge < -0.3 is 15.7 Å². The van der Waals surface area contributed by atoms with Gasteiger partial charge in [0.05, 0.1) is 23.4 Å². The first kappa shape index (κ1) is 17.4. The van der Waals surface area contributed by atoms with Gasteiger partial charge >= 0.3 is 6.03 Å². The van der Waals surface area contributed by atoms with Crippen LogP contribution >= 0.6 is 11.3 Å². The number of hydrogen-bond acceptors (Lipinski definition) is 4. The van der Waals surface area contributed by atoms with Crippen molar-refractivity contribution in [3.63, 3.8) is 0 Å². The summed E-state index contributed by atoms with van der Waals surface area (Å²) in [4.78, 5) is 16.2. The molecule has 0 aliphatic heterocycles. The smallest absolute Gasteiger partial charge is 0.315 e. The third kappa shape index (κ3) is 5.65. The Balaban J connectivity index is 1.67. The number of aliphatic hydroxyl groups excluding tert-OH is 1. The predicted molar refractivity (Wildman–Crippen MR) is 92.5 cm³/mol. The lowest BCUT2D eigenvalue weighted by molar-refractivity contribution is 0.167. The van der Waals surface area contributed by atoms with Gasteiger partial charge in [-0.3, -0.25) is 0 Å². The molecule has 1 aromatic carbocycles. The van der Waals surface area contributed by atoms with Gasteiger partial charge in [0.2, 0.25) is 0 Å². The maximum Gasteiger partial charge on any atom is 0.315 e. The maximum atomic E-state index is 11.7. The molecule has 124 valence electrons. The number of nitrogens with zero attached hydrogens (tertiary/aromatic N) is 1. The van der Waals surface area contributed by atoms with Crippen LogP contribution in [0.4, 0.5) is 4.79 Å². The van der Waals surface area contributed by atoms with E-state index < -0.39 is 6.10 Å². The standard InChI is InChI=1S/C17H23N3O2S/c1-12(2)16-20-14(11-23-16)10-19-17(22)18-9-8-15(21)13-6-4-3-5-7-13/h3-7,11-12,15,21H,8-10H2,1-2H3,(H2,18,19,22)/t15-/m0/s1. The molecular formula is C17H23N3O2S. The van der Waals surface area contributed by atoms with Crippen molar-refractivity contribution in [2.75, 3.05) is 6.54 Å². The van der Waals surface area contributed by atoms with Crippen molar-refractivity contribution in [3.05, 3.63) is 52.0 Å². The second kappa shape index (κ2) is 8.64. The van der Waals surface area contributed by atoms with E-state index >= 15 is 0 Å². The highest BCUT2D eigenvalue weighted by molar-refractivity contribution is 7.09. The van der Waals surface area contributed by atoms with E-state index in [-0.39, 0.29) is 6.03 Å². The zero-order valence-corrected chi connectivity index (χ0v) is 14.3. The van der Waals surface area contributed by atoms with E-state index in [2.05, 4.69) is 29.5 Å². The van der Waals surface area contributed by atoms with Crippen molar-refractivity contribution < 1.29 is 9.90 Å². The highest BCUT2D eigenvalue weighted by atomic mass is 32.1. The number of nitrogens with one attached hydrogen (secondary N) is 2. The molecule has 23 heavy (non-hydrogen) atoms. The molecule has 0 radical (unpaired) electrons. The van der Waals surface area contributed by atoms with Gasteiger partial charge in [-0.2, -0.15) is 0 Å². The number of thiazole rings is 1. The van der Waals surface area contributed by atoms with Crippen LogP contribution in [0, 0.1) is 0 Å². The average Bonchev–Trinajstić information content (AvgIpc) is 3.03. The Kier molecular flexibility index (Phi) is 6.55. The third-order valence-electron chi connectivity index (χ3n) is 3.38. The lowest BCUT2D eigenvalue weighted by atomic mass is 10.1. The molecule has 0 saturated heterocycles. The molecule has 0 bridgehead atoms. The molecule has 2 amide bonds. The first-order chi connectivity index (χ1) is 11.1. The van der Waals surface area contributed by atoms with Gasteiger partial charge in [0.15, 0.2) is 0 Å². The lowest BCUT2D eigenvalue weighted by Crippen LogP contribution is -2.36. The minimum absolute atomic E-state index is 0.246. The Labute approximate surface area is 140 Å². The number of aliphatic hydroxyl groups is 1. The molecule has 6 heteroatoms. The van der Waals surface area contributed by atoms with Gasteiger partial charge in [0, 0.05) is 17.8 Å². The lowest BCUT2D eigenvalue weighted by Gasteiger charge is -2.12. The molecule has 0 saturated carbocycles. The summed E-state index contributed by atoms with van der Waals surface area (Å²) >= 11 is 1.61. The summed E-state index contributed by atoms with van der Waals surface area (Å²) in [5, 5.41) is 18.6. The number of hydrogen-bond donors (Lipinski definition) is 3. The van der Waals surface area contributed by atoms with Gasteiger partial charge in [-0.1, -0.05) is 44.2 Å². The fourth-order valence-corrected chi connectivity index (χ4v) is 2.90. The Bertz CT molecular complexity index is 613. The molecule has 1 atom stereocenters. The molecule has 0 unspecified atom stereocenters. The third-order valence-corrected chi connectivity index (χ3v) is 4.58. The highest BCUT2D eigenvalue weighted by Gasteiger charge is 2.09. The summed E-state index contributed by atoms with van der Waals surface area (Å²) in [6.07, 6.45) is -0.0883. The van der Waals surface area contributed by atoms with E-state index in [9.17, 15) is 9.90 Å². The normalized spacial score (nSPS) is 12.2. The minimum atomic E-state index is -0.566. The molecule has 2 rings (SSSR count). The van der Waals surface area contributed by atoms with E-state index in [1.807, 2.05) is 35.7 Å². The number of aromatic nitrogens is 1. The molecule has 3 N–H and O–H groups in total. The summed E-state index contributed by atoms with van der Waals surface area (Å²) in [6.45, 7) is 5.02. The number of amides is 2. The van der Waals surface area contributed by atoms with Crippen molar-refractivity contribution in [1.29, 1.82) is 0 Å². The molecule has 1 heterocycles. The summed E-state index contributed by atoms with van der Waals surface area (Å²) in [5.41, 5.74) is 1.73. The van der Waals surface area contributed by atoms with Crippen LogP contribution in [0.2, 0.25) is 0 Å². The van der Waals surface area contributed by atoms with Crippen molar-refractivity contribution in [3.8, 4) is 0 Å². The Morgan fingerprint density at radius 2 is 2.00 bits per heavy atom. The SMILES string of the molecule is CC(C)c1nc(CNC(=O)NCC[C@H](O)c2ccccc2)cs1. The van der Waals surface area contributed by atoms with Crippen LogP contribution in [0.1, 0.15) is 48.6 Å². The van der Waals surface area contributed by atoms with Crippen molar-refractivity contribution in [2.45, 2.75) is 38.8 Å². The van der Waals surface area contributed by atoms with Crippen molar-refractivity contribution in [1.82, 2.24) is 15.6 Å². The largest absolute Gasteiger partial charge is 0.388 e. The molecule has 0 fully saturated rings. The molecular weight excluding hydrogens is 310 g/mol. The van der Waals surface area contributed by atoms with Crippen LogP contribution in [0.3, 0.4) is 0 Å². The van der Waals surface area contributed by atoms with E-state index in [1.165, 1.54) is 0 Å². The van der Waals surface area contributed by atoms with E-state index in [1.54, 1.807) is 11.3 Å². The van der Waals surface area contributed by atoms with Crippen molar-refractivity contribution in [2.24, 2.45) is 0 Å². The predicted octanol–water partition coefficient (Wildman–Crippen LogP) is 3.19. The summed E-state index contributed by atoms with van der Waals surface area (Å²) in [6, 6.07) is 9.18. The molecule has 1 aromatic heterocycles. The molecule has 2 aromatic rings. The number of benzene rings is 1. The number of urea groups is 1. The van der Waals surface area contributed by atoms with Gasteiger partial charge in [0.25, 0.3) is 0 Å². The van der Waals surface area contributed by atoms with Crippen LogP contribution in [0.25, 0.3) is 0 Å². The first-order valence-electron chi connectivity index (χ1n) is 7.75. The Morgan fingerprint density at radius 3 is 2.65 bits per heavy atom. The fraction of sp³-hybridized carbons (Fsp3) is 0.412. The second-order valence-electron chi connectivity index (χ2n) is 5.66.